The molecule has 2 atom stereocenters. The molecular weight excluding hydrogens is 506 g/mol. The SMILES string of the molecule is CC(C)(C)c1cccc(C2(NC[C@@H](O)C(Cc3cc(F)cc(F)c3)Nc3ccnc(Cl)n3)CCCCC2)c1. The Kier molecular flexibility index (Phi) is 9.01. The lowest BCUT2D eigenvalue weighted by atomic mass is 9.74. The minimum absolute atomic E-state index is 0.0272. The van der Waals surface area contributed by atoms with Crippen molar-refractivity contribution < 1.29 is 13.9 Å². The summed E-state index contributed by atoms with van der Waals surface area (Å²) in [6, 6.07) is 13.2. The fraction of sp³-hybridized carbons (Fsp3) is 0.467. The highest BCUT2D eigenvalue weighted by Gasteiger charge is 2.35. The summed E-state index contributed by atoms with van der Waals surface area (Å²) in [5.74, 6) is -0.885. The van der Waals surface area contributed by atoms with Crippen LogP contribution in [0.15, 0.2) is 54.7 Å². The first-order chi connectivity index (χ1) is 18.0. The maximum atomic E-state index is 13.9. The van der Waals surface area contributed by atoms with Crippen molar-refractivity contribution in [3.8, 4) is 0 Å². The Balaban J connectivity index is 1.58. The van der Waals surface area contributed by atoms with Crippen LogP contribution in [0.25, 0.3) is 0 Å². The fourth-order valence-electron chi connectivity index (χ4n) is 5.32. The number of nitrogens with zero attached hydrogens (tertiary/aromatic N) is 2. The number of nitrogens with one attached hydrogen (secondary N) is 2. The standard InChI is InChI=1S/C30H37ClF2N4O/c1-29(2,3)21-8-7-9-22(17-21)30(11-5-4-6-12-30)35-19-26(38)25(36-27-10-13-34-28(31)37-27)16-20-14-23(32)18-24(33)15-20/h7-10,13-15,17-18,25-26,35,38H,4-6,11-12,16,19H2,1-3H3,(H,34,36,37)/t25?,26-/m1/s1. The van der Waals surface area contributed by atoms with Crippen LogP contribution in [-0.2, 0) is 17.4 Å². The van der Waals surface area contributed by atoms with E-state index in [0.29, 0.717) is 11.4 Å². The van der Waals surface area contributed by atoms with Crippen molar-refractivity contribution in [2.45, 2.75) is 82.4 Å². The summed E-state index contributed by atoms with van der Waals surface area (Å²) in [7, 11) is 0. The Labute approximate surface area is 229 Å². The summed E-state index contributed by atoms with van der Waals surface area (Å²) in [6.07, 6.45) is 6.16. The van der Waals surface area contributed by atoms with Crippen molar-refractivity contribution in [2.75, 3.05) is 11.9 Å². The lowest BCUT2D eigenvalue weighted by Gasteiger charge is -2.41. The zero-order chi connectivity index (χ0) is 27.3. The minimum Gasteiger partial charge on any atom is -0.390 e. The number of halogens is 3. The van der Waals surface area contributed by atoms with Crippen LogP contribution >= 0.6 is 11.6 Å². The first-order valence-corrected chi connectivity index (χ1v) is 13.7. The van der Waals surface area contributed by atoms with Gasteiger partial charge in [0.15, 0.2) is 0 Å². The number of benzene rings is 2. The number of aliphatic hydroxyl groups excluding tert-OH is 1. The van der Waals surface area contributed by atoms with Crippen molar-refractivity contribution in [2.24, 2.45) is 0 Å². The van der Waals surface area contributed by atoms with Crippen LogP contribution in [0.5, 0.6) is 0 Å². The molecule has 1 aromatic heterocycles. The van der Waals surface area contributed by atoms with Crippen LogP contribution in [0.2, 0.25) is 5.28 Å². The van der Waals surface area contributed by atoms with E-state index < -0.39 is 23.8 Å². The van der Waals surface area contributed by atoms with E-state index in [1.54, 1.807) is 6.07 Å². The second-order valence-corrected chi connectivity index (χ2v) is 11.7. The fourth-order valence-corrected chi connectivity index (χ4v) is 5.47. The van der Waals surface area contributed by atoms with Crippen molar-refractivity contribution in [1.29, 1.82) is 0 Å². The smallest absolute Gasteiger partial charge is 0.224 e. The van der Waals surface area contributed by atoms with Gasteiger partial charge in [0, 0.05) is 24.3 Å². The van der Waals surface area contributed by atoms with Crippen LogP contribution in [0.3, 0.4) is 0 Å². The monoisotopic (exact) mass is 542 g/mol. The first-order valence-electron chi connectivity index (χ1n) is 13.3. The molecule has 1 aliphatic carbocycles. The lowest BCUT2D eigenvalue weighted by Crippen LogP contribution is -2.51. The van der Waals surface area contributed by atoms with Gasteiger partial charge in [-0.2, -0.15) is 0 Å². The van der Waals surface area contributed by atoms with Gasteiger partial charge < -0.3 is 15.7 Å². The van der Waals surface area contributed by atoms with Crippen LogP contribution in [0, 0.1) is 11.6 Å². The molecule has 5 nitrogen and oxygen atoms in total. The molecule has 3 N–H and O–H groups in total. The summed E-state index contributed by atoms with van der Waals surface area (Å²) >= 11 is 5.97. The van der Waals surface area contributed by atoms with E-state index in [1.165, 1.54) is 35.9 Å². The first kappa shape index (κ1) is 28.4. The molecule has 0 radical (unpaired) electrons. The zero-order valence-electron chi connectivity index (χ0n) is 22.3. The quantitative estimate of drug-likeness (QED) is 0.268. The Bertz CT molecular complexity index is 1210. The molecule has 1 unspecified atom stereocenters. The van der Waals surface area contributed by atoms with E-state index in [2.05, 4.69) is 65.6 Å². The highest BCUT2D eigenvalue weighted by molar-refractivity contribution is 6.28. The third-order valence-electron chi connectivity index (χ3n) is 7.44. The average Bonchev–Trinajstić information content (AvgIpc) is 2.86. The third kappa shape index (κ3) is 7.28. The molecule has 2 aromatic carbocycles. The molecule has 4 rings (SSSR count). The summed E-state index contributed by atoms with van der Waals surface area (Å²) in [6.45, 7) is 6.92. The number of hydrogen-bond donors (Lipinski definition) is 3. The lowest BCUT2D eigenvalue weighted by molar-refractivity contribution is 0.122. The average molecular weight is 543 g/mol. The largest absolute Gasteiger partial charge is 0.390 e. The van der Waals surface area contributed by atoms with Gasteiger partial charge in [-0.1, -0.05) is 64.3 Å². The Hall–Kier alpha value is -2.61. The van der Waals surface area contributed by atoms with Crippen molar-refractivity contribution >= 4 is 17.4 Å². The van der Waals surface area contributed by atoms with Gasteiger partial charge >= 0.3 is 0 Å². The molecule has 0 spiro atoms. The molecule has 38 heavy (non-hydrogen) atoms. The molecule has 0 saturated heterocycles. The third-order valence-corrected chi connectivity index (χ3v) is 7.62. The summed E-state index contributed by atoms with van der Waals surface area (Å²) < 4.78 is 27.9. The Morgan fingerprint density at radius 3 is 2.39 bits per heavy atom. The predicted octanol–water partition coefficient (Wildman–Crippen LogP) is 6.54. The topological polar surface area (TPSA) is 70.1 Å². The van der Waals surface area contributed by atoms with Gasteiger partial charge in [0.05, 0.1) is 12.1 Å². The molecule has 1 fully saturated rings. The van der Waals surface area contributed by atoms with E-state index in [4.69, 9.17) is 11.6 Å². The van der Waals surface area contributed by atoms with Crippen molar-refractivity contribution in [1.82, 2.24) is 15.3 Å². The van der Waals surface area contributed by atoms with Gasteiger partial charge in [-0.25, -0.2) is 18.7 Å². The van der Waals surface area contributed by atoms with Gasteiger partial charge in [-0.05, 0) is 71.2 Å². The van der Waals surface area contributed by atoms with E-state index in [-0.39, 0.29) is 29.2 Å². The van der Waals surface area contributed by atoms with E-state index >= 15 is 0 Å². The van der Waals surface area contributed by atoms with Crippen LogP contribution in [0.4, 0.5) is 14.6 Å². The number of hydrogen-bond acceptors (Lipinski definition) is 5. The van der Waals surface area contributed by atoms with E-state index in [0.717, 1.165) is 31.7 Å². The number of anilines is 1. The molecule has 8 heteroatoms. The van der Waals surface area contributed by atoms with Crippen molar-refractivity contribution in [3.05, 3.63) is 88.3 Å². The molecule has 0 bridgehead atoms. The minimum atomic E-state index is -0.889. The normalized spacial score (nSPS) is 17.1. The molecule has 1 heterocycles. The Morgan fingerprint density at radius 1 is 1.03 bits per heavy atom. The molecule has 0 aliphatic heterocycles. The molecule has 3 aromatic rings. The van der Waals surface area contributed by atoms with Crippen molar-refractivity contribution in [3.63, 3.8) is 0 Å². The van der Waals surface area contributed by atoms with E-state index in [1.807, 2.05) is 0 Å². The maximum absolute atomic E-state index is 13.9. The highest BCUT2D eigenvalue weighted by atomic mass is 35.5. The summed E-state index contributed by atoms with van der Waals surface area (Å²) in [5.41, 5.74) is 2.71. The zero-order valence-corrected chi connectivity index (χ0v) is 23.0. The molecular formula is C30H37ClF2N4O. The highest BCUT2D eigenvalue weighted by Crippen LogP contribution is 2.38. The van der Waals surface area contributed by atoms with Gasteiger partial charge in [0.1, 0.15) is 17.5 Å². The number of aromatic nitrogens is 2. The molecule has 0 amide bonds. The Morgan fingerprint density at radius 2 is 1.74 bits per heavy atom. The molecule has 1 aliphatic rings. The van der Waals surface area contributed by atoms with Crippen LogP contribution in [0.1, 0.15) is 69.6 Å². The molecule has 1 saturated carbocycles. The second-order valence-electron chi connectivity index (χ2n) is 11.4. The van der Waals surface area contributed by atoms with Gasteiger partial charge in [-0.3, -0.25) is 0 Å². The van der Waals surface area contributed by atoms with Crippen LogP contribution in [-0.4, -0.2) is 33.8 Å². The summed E-state index contributed by atoms with van der Waals surface area (Å²) in [5, 5.41) is 18.4. The van der Waals surface area contributed by atoms with Crippen LogP contribution < -0.4 is 10.6 Å². The second kappa shape index (κ2) is 12.1. The number of rotatable bonds is 9. The summed E-state index contributed by atoms with van der Waals surface area (Å²) in [4.78, 5) is 8.08. The maximum Gasteiger partial charge on any atom is 0.224 e. The van der Waals surface area contributed by atoms with Gasteiger partial charge in [0.2, 0.25) is 5.28 Å². The number of aliphatic hydroxyl groups is 1. The molecule has 204 valence electrons. The van der Waals surface area contributed by atoms with E-state index in [9.17, 15) is 13.9 Å². The van der Waals surface area contributed by atoms with Gasteiger partial charge in [-0.15, -0.1) is 0 Å². The predicted molar refractivity (Wildman–Crippen MR) is 148 cm³/mol. The van der Waals surface area contributed by atoms with Gasteiger partial charge in [0.25, 0.3) is 0 Å².